The van der Waals surface area contributed by atoms with Crippen molar-refractivity contribution < 1.29 is 13.9 Å². The quantitative estimate of drug-likeness (QED) is 0.572. The number of benzene rings is 1. The first-order chi connectivity index (χ1) is 14.0. The molecule has 0 bridgehead atoms. The summed E-state index contributed by atoms with van der Waals surface area (Å²) in [7, 11) is 0. The van der Waals surface area contributed by atoms with E-state index in [0.29, 0.717) is 25.5 Å². The van der Waals surface area contributed by atoms with E-state index in [1.165, 1.54) is 17.5 Å². The molecule has 0 unspecified atom stereocenters. The van der Waals surface area contributed by atoms with Crippen molar-refractivity contribution in [1.82, 2.24) is 15.1 Å². The molecular weight excluding hydrogens is 434 g/mol. The van der Waals surface area contributed by atoms with Crippen molar-refractivity contribution in [1.29, 1.82) is 0 Å². The molecule has 0 aliphatic heterocycles. The molecule has 4 rings (SSSR count). The summed E-state index contributed by atoms with van der Waals surface area (Å²) in [6, 6.07) is 9.70. The summed E-state index contributed by atoms with van der Waals surface area (Å²) in [6.07, 6.45) is 3.49. The summed E-state index contributed by atoms with van der Waals surface area (Å²) in [6.45, 7) is 5.30. The molecule has 1 aliphatic carbocycles. The first-order valence-corrected chi connectivity index (χ1v) is 10.6. The number of aryl methyl sites for hydroxylation is 3. The minimum Gasteiger partial charge on any atom is -0.486 e. The van der Waals surface area contributed by atoms with E-state index in [0.717, 1.165) is 34.5 Å². The monoisotopic (exact) mass is 457 g/mol. The largest absolute Gasteiger partial charge is 0.486 e. The van der Waals surface area contributed by atoms with Crippen LogP contribution < -0.4 is 10.1 Å². The molecule has 2 heterocycles. The second-order valence-electron chi connectivity index (χ2n) is 7.30. The van der Waals surface area contributed by atoms with E-state index < -0.39 is 0 Å². The number of furan rings is 1. The van der Waals surface area contributed by atoms with Gasteiger partial charge in [0.15, 0.2) is 5.76 Å². The van der Waals surface area contributed by atoms with Crippen molar-refractivity contribution >= 4 is 21.8 Å². The van der Waals surface area contributed by atoms with Crippen molar-refractivity contribution in [2.24, 2.45) is 0 Å². The topological polar surface area (TPSA) is 69.3 Å². The lowest BCUT2D eigenvalue weighted by Gasteiger charge is -2.07. The van der Waals surface area contributed by atoms with Crippen molar-refractivity contribution in [2.75, 3.05) is 6.54 Å². The fraction of sp³-hybridized carbons (Fsp3) is 0.364. The molecule has 7 heteroatoms. The molecule has 0 saturated heterocycles. The number of carbonyl (C=O) groups is 1. The van der Waals surface area contributed by atoms with Gasteiger partial charge in [-0.05, 0) is 84.4 Å². The molecule has 6 nitrogen and oxygen atoms in total. The van der Waals surface area contributed by atoms with Gasteiger partial charge in [-0.2, -0.15) is 5.10 Å². The zero-order valence-electron chi connectivity index (χ0n) is 16.6. The van der Waals surface area contributed by atoms with Crippen LogP contribution in [-0.2, 0) is 26.0 Å². The lowest BCUT2D eigenvalue weighted by molar-refractivity contribution is 0.0920. The molecule has 3 aromatic rings. The van der Waals surface area contributed by atoms with Crippen LogP contribution in [-0.4, -0.2) is 22.2 Å². The summed E-state index contributed by atoms with van der Waals surface area (Å²) in [4.78, 5) is 12.3. The van der Waals surface area contributed by atoms with Gasteiger partial charge >= 0.3 is 0 Å². The van der Waals surface area contributed by atoms with E-state index in [1.54, 1.807) is 12.1 Å². The van der Waals surface area contributed by atoms with Gasteiger partial charge < -0.3 is 14.5 Å². The Morgan fingerprint density at radius 3 is 2.86 bits per heavy atom. The van der Waals surface area contributed by atoms with Gasteiger partial charge in [-0.25, -0.2) is 0 Å². The third kappa shape index (κ3) is 4.40. The van der Waals surface area contributed by atoms with Crippen LogP contribution in [0.25, 0.3) is 0 Å². The van der Waals surface area contributed by atoms with Crippen LogP contribution in [0, 0.1) is 13.8 Å². The highest BCUT2D eigenvalue weighted by Crippen LogP contribution is 2.26. The van der Waals surface area contributed by atoms with Gasteiger partial charge in [-0.3, -0.25) is 9.48 Å². The second-order valence-corrected chi connectivity index (χ2v) is 8.10. The Balaban J connectivity index is 1.28. The summed E-state index contributed by atoms with van der Waals surface area (Å²) < 4.78 is 14.4. The Hall–Kier alpha value is -2.54. The zero-order valence-corrected chi connectivity index (χ0v) is 18.2. The molecule has 29 heavy (non-hydrogen) atoms. The highest BCUT2D eigenvalue weighted by Gasteiger charge is 2.14. The fourth-order valence-corrected chi connectivity index (χ4v) is 3.91. The van der Waals surface area contributed by atoms with Crippen LogP contribution in [0.2, 0.25) is 0 Å². The maximum atomic E-state index is 12.3. The van der Waals surface area contributed by atoms with Crippen LogP contribution in [0.4, 0.5) is 0 Å². The molecule has 0 radical (unpaired) electrons. The average molecular weight is 458 g/mol. The van der Waals surface area contributed by atoms with Crippen LogP contribution in [0.3, 0.4) is 0 Å². The fourth-order valence-electron chi connectivity index (χ4n) is 3.63. The van der Waals surface area contributed by atoms with E-state index >= 15 is 0 Å². The number of hydrogen-bond acceptors (Lipinski definition) is 4. The number of fused-ring (bicyclic) bond motifs is 1. The normalized spacial score (nSPS) is 12.8. The number of carbonyl (C=O) groups excluding carboxylic acids is 1. The van der Waals surface area contributed by atoms with Crippen molar-refractivity contribution in [3.63, 3.8) is 0 Å². The minimum absolute atomic E-state index is 0.241. The van der Waals surface area contributed by atoms with Crippen molar-refractivity contribution in [2.45, 2.75) is 46.3 Å². The third-order valence-corrected chi connectivity index (χ3v) is 6.39. The number of hydrogen-bond donors (Lipinski definition) is 1. The molecule has 1 amide bonds. The maximum Gasteiger partial charge on any atom is 0.287 e. The molecule has 0 fully saturated rings. The van der Waals surface area contributed by atoms with Crippen LogP contribution in [0.15, 0.2) is 39.2 Å². The summed E-state index contributed by atoms with van der Waals surface area (Å²) in [5, 5.41) is 7.31. The Kier molecular flexibility index (Phi) is 5.76. The van der Waals surface area contributed by atoms with Gasteiger partial charge in [0.25, 0.3) is 5.91 Å². The van der Waals surface area contributed by atoms with Gasteiger partial charge in [0.2, 0.25) is 0 Å². The average Bonchev–Trinajstić information content (AvgIpc) is 3.43. The SMILES string of the molecule is Cc1nn(CCNC(=O)c2ccc(COc3ccc4c(c3)CCC4)o2)c(C)c1Br. The lowest BCUT2D eigenvalue weighted by atomic mass is 10.1. The Labute approximate surface area is 178 Å². The van der Waals surface area contributed by atoms with E-state index in [-0.39, 0.29) is 11.7 Å². The Bertz CT molecular complexity index is 1040. The van der Waals surface area contributed by atoms with Crippen LogP contribution >= 0.6 is 15.9 Å². The molecule has 2 aromatic heterocycles. The molecule has 1 N–H and O–H groups in total. The second kappa shape index (κ2) is 8.45. The number of nitrogens with one attached hydrogen (secondary N) is 1. The highest BCUT2D eigenvalue weighted by molar-refractivity contribution is 9.10. The number of amides is 1. The first kappa shape index (κ1) is 19.8. The molecule has 0 spiro atoms. The van der Waals surface area contributed by atoms with E-state index in [2.05, 4.69) is 38.5 Å². The summed E-state index contributed by atoms with van der Waals surface area (Å²) in [5.41, 5.74) is 4.77. The lowest BCUT2D eigenvalue weighted by Crippen LogP contribution is -2.27. The predicted molar refractivity (Wildman–Crippen MR) is 113 cm³/mol. The Morgan fingerprint density at radius 2 is 2.07 bits per heavy atom. The molecule has 1 aromatic carbocycles. The number of ether oxygens (including phenoxy) is 1. The van der Waals surface area contributed by atoms with Gasteiger partial charge in [-0.1, -0.05) is 6.07 Å². The van der Waals surface area contributed by atoms with Crippen LogP contribution in [0.5, 0.6) is 5.75 Å². The van der Waals surface area contributed by atoms with E-state index in [1.807, 2.05) is 24.6 Å². The highest BCUT2D eigenvalue weighted by atomic mass is 79.9. The smallest absolute Gasteiger partial charge is 0.287 e. The van der Waals surface area contributed by atoms with Crippen molar-refractivity contribution in [3.05, 3.63) is 68.8 Å². The number of aromatic nitrogens is 2. The summed E-state index contributed by atoms with van der Waals surface area (Å²) >= 11 is 3.51. The standard InChI is InChI=1S/C22H24BrN3O3/c1-14-21(23)15(2)26(25-14)11-10-24-22(27)20-9-8-19(29-20)13-28-18-7-6-16-4-3-5-17(16)12-18/h6-9,12H,3-5,10-11,13H2,1-2H3,(H,24,27). The number of nitrogens with zero attached hydrogens (tertiary/aromatic N) is 2. The molecular formula is C22H24BrN3O3. The third-order valence-electron chi connectivity index (χ3n) is 5.24. The molecule has 0 atom stereocenters. The minimum atomic E-state index is -0.241. The molecule has 0 saturated carbocycles. The zero-order chi connectivity index (χ0) is 20.4. The first-order valence-electron chi connectivity index (χ1n) is 9.82. The van der Waals surface area contributed by atoms with E-state index in [4.69, 9.17) is 9.15 Å². The van der Waals surface area contributed by atoms with Crippen molar-refractivity contribution in [3.8, 4) is 5.75 Å². The number of halogens is 1. The van der Waals surface area contributed by atoms with Gasteiger partial charge in [0.05, 0.1) is 16.7 Å². The summed E-state index contributed by atoms with van der Waals surface area (Å²) in [5.74, 6) is 1.50. The maximum absolute atomic E-state index is 12.3. The Morgan fingerprint density at radius 1 is 1.24 bits per heavy atom. The molecule has 1 aliphatic rings. The van der Waals surface area contributed by atoms with Gasteiger partial charge in [-0.15, -0.1) is 0 Å². The van der Waals surface area contributed by atoms with Gasteiger partial charge in [0.1, 0.15) is 18.1 Å². The number of rotatable bonds is 7. The van der Waals surface area contributed by atoms with E-state index in [9.17, 15) is 4.79 Å². The van der Waals surface area contributed by atoms with Gasteiger partial charge in [0, 0.05) is 12.2 Å². The molecule has 152 valence electrons. The van der Waals surface area contributed by atoms with Crippen LogP contribution in [0.1, 0.15) is 45.3 Å². The predicted octanol–water partition coefficient (Wildman–Crippen LogP) is 4.35.